The van der Waals surface area contributed by atoms with Crippen molar-refractivity contribution in [3.63, 3.8) is 0 Å². The number of rotatable bonds is 3. The summed E-state index contributed by atoms with van der Waals surface area (Å²) < 4.78 is 25.3. The van der Waals surface area contributed by atoms with Crippen LogP contribution in [-0.2, 0) is 5.88 Å². The van der Waals surface area contributed by atoms with Crippen LogP contribution in [0, 0.1) is 0 Å². The van der Waals surface area contributed by atoms with Crippen LogP contribution in [0.4, 0.5) is 8.78 Å². The summed E-state index contributed by atoms with van der Waals surface area (Å²) in [6.07, 6.45) is -2.32. The maximum atomic E-state index is 12.5. The molecule has 0 amide bonds. The van der Waals surface area contributed by atoms with E-state index in [2.05, 4.69) is 20.9 Å². The predicted molar refractivity (Wildman–Crippen MR) is 51.8 cm³/mol. The number of hydrogen-bond donors (Lipinski definition) is 0. The molecular formula is C8H5BrClF2NO. The van der Waals surface area contributed by atoms with Gasteiger partial charge < -0.3 is 0 Å². The first-order valence-electron chi connectivity index (χ1n) is 3.58. The fraction of sp³-hybridized carbons (Fsp3) is 0.250. The average molecular weight is 284 g/mol. The molecule has 2 nitrogen and oxygen atoms in total. The van der Waals surface area contributed by atoms with Gasteiger partial charge in [0.2, 0.25) is 0 Å². The summed E-state index contributed by atoms with van der Waals surface area (Å²) in [5.74, 6) is -0.0770. The summed E-state index contributed by atoms with van der Waals surface area (Å²) in [7, 11) is 0. The highest BCUT2D eigenvalue weighted by Crippen LogP contribution is 2.28. The lowest BCUT2D eigenvalue weighted by Crippen LogP contribution is -2.01. The molecule has 0 radical (unpaired) electrons. The van der Waals surface area contributed by atoms with Gasteiger partial charge in [-0.05, 0) is 6.07 Å². The van der Waals surface area contributed by atoms with Crippen LogP contribution >= 0.6 is 27.5 Å². The second-order valence-electron chi connectivity index (χ2n) is 2.44. The molecule has 0 spiro atoms. The molecule has 1 aromatic heterocycles. The number of hydrogen-bond acceptors (Lipinski definition) is 2. The van der Waals surface area contributed by atoms with Gasteiger partial charge in [0.15, 0.2) is 6.29 Å². The smallest absolute Gasteiger partial charge is 0.280 e. The van der Waals surface area contributed by atoms with E-state index < -0.39 is 12.1 Å². The molecule has 0 N–H and O–H groups in total. The Labute approximate surface area is 92.4 Å². The predicted octanol–water partition coefficient (Wildman–Crippen LogP) is 3.33. The van der Waals surface area contributed by atoms with Crippen LogP contribution in [0.2, 0.25) is 0 Å². The van der Waals surface area contributed by atoms with E-state index >= 15 is 0 Å². The first-order chi connectivity index (χ1) is 6.60. The van der Waals surface area contributed by atoms with Crippen molar-refractivity contribution in [2.24, 2.45) is 0 Å². The van der Waals surface area contributed by atoms with Crippen molar-refractivity contribution in [2.75, 3.05) is 0 Å². The van der Waals surface area contributed by atoms with Crippen LogP contribution in [-0.4, -0.2) is 11.3 Å². The van der Waals surface area contributed by atoms with Crippen molar-refractivity contribution in [3.05, 3.63) is 27.5 Å². The quantitative estimate of drug-likeness (QED) is 0.629. The minimum Gasteiger partial charge on any atom is -0.296 e. The molecule has 0 atom stereocenters. The first kappa shape index (κ1) is 11.5. The van der Waals surface area contributed by atoms with Gasteiger partial charge in [-0.3, -0.25) is 4.79 Å². The monoisotopic (exact) mass is 283 g/mol. The van der Waals surface area contributed by atoms with Gasteiger partial charge in [-0.1, -0.05) is 15.9 Å². The topological polar surface area (TPSA) is 30.0 Å². The van der Waals surface area contributed by atoms with E-state index in [9.17, 15) is 13.6 Å². The van der Waals surface area contributed by atoms with Gasteiger partial charge in [0, 0.05) is 10.0 Å². The summed E-state index contributed by atoms with van der Waals surface area (Å²) in [5, 5.41) is 0. The van der Waals surface area contributed by atoms with E-state index in [1.54, 1.807) is 0 Å². The van der Waals surface area contributed by atoms with Gasteiger partial charge in [-0.15, -0.1) is 11.6 Å². The number of pyridine rings is 1. The highest BCUT2D eigenvalue weighted by Gasteiger charge is 2.18. The Morgan fingerprint density at radius 1 is 1.64 bits per heavy atom. The summed E-state index contributed by atoms with van der Waals surface area (Å²) in [6, 6.07) is 1.36. The Kier molecular flexibility index (Phi) is 3.95. The third kappa shape index (κ3) is 2.27. The van der Waals surface area contributed by atoms with Gasteiger partial charge in [0.25, 0.3) is 6.43 Å². The molecule has 0 saturated heterocycles. The molecule has 1 aromatic rings. The number of nitrogens with zero attached hydrogens (tertiary/aromatic N) is 1. The second kappa shape index (κ2) is 4.79. The largest absolute Gasteiger partial charge is 0.296 e. The number of halogens is 4. The lowest BCUT2D eigenvalue weighted by atomic mass is 10.2. The number of carbonyl (C=O) groups excluding carboxylic acids is 1. The fourth-order valence-corrected chi connectivity index (χ4v) is 1.97. The zero-order chi connectivity index (χ0) is 10.7. The molecule has 0 aromatic carbocycles. The summed E-state index contributed by atoms with van der Waals surface area (Å²) in [4.78, 5) is 13.9. The first-order valence-corrected chi connectivity index (χ1v) is 4.91. The molecule has 0 unspecified atom stereocenters. The van der Waals surface area contributed by atoms with Crippen LogP contribution in [0.25, 0.3) is 0 Å². The van der Waals surface area contributed by atoms with Crippen molar-refractivity contribution in [1.82, 2.24) is 4.98 Å². The molecule has 1 heterocycles. The van der Waals surface area contributed by atoms with Crippen molar-refractivity contribution in [1.29, 1.82) is 0 Å². The minimum atomic E-state index is -2.74. The average Bonchev–Trinajstić information content (AvgIpc) is 2.16. The van der Waals surface area contributed by atoms with Crippen molar-refractivity contribution in [3.8, 4) is 0 Å². The fourth-order valence-electron chi connectivity index (χ4n) is 0.951. The molecule has 0 aliphatic carbocycles. The maximum absolute atomic E-state index is 12.5. The molecule has 1 rings (SSSR count). The van der Waals surface area contributed by atoms with Gasteiger partial charge in [0.05, 0.1) is 5.88 Å². The standard InChI is InChI=1S/C8H5BrClF2NO/c9-6-1-4(3-14)13-7(8(11)12)5(6)2-10/h1,3,8H,2H2. The molecule has 0 aliphatic heterocycles. The summed E-state index contributed by atoms with van der Waals surface area (Å²) >= 11 is 8.54. The summed E-state index contributed by atoms with van der Waals surface area (Å²) in [5.41, 5.74) is -0.273. The van der Waals surface area contributed by atoms with E-state index in [0.717, 1.165) is 0 Å². The number of carbonyl (C=O) groups is 1. The zero-order valence-corrected chi connectivity index (χ0v) is 9.15. The van der Waals surface area contributed by atoms with Crippen molar-refractivity contribution >= 4 is 33.8 Å². The van der Waals surface area contributed by atoms with Crippen LogP contribution in [0.1, 0.15) is 28.2 Å². The van der Waals surface area contributed by atoms with Crippen molar-refractivity contribution < 1.29 is 13.6 Å². The van der Waals surface area contributed by atoms with E-state index in [-0.39, 0.29) is 17.1 Å². The van der Waals surface area contributed by atoms with Gasteiger partial charge in [0.1, 0.15) is 11.4 Å². The maximum Gasteiger partial charge on any atom is 0.280 e. The Morgan fingerprint density at radius 2 is 2.29 bits per heavy atom. The molecular weight excluding hydrogens is 279 g/mol. The summed E-state index contributed by atoms with van der Waals surface area (Å²) in [6.45, 7) is 0. The molecule has 0 saturated carbocycles. The second-order valence-corrected chi connectivity index (χ2v) is 3.57. The van der Waals surface area contributed by atoms with Crippen LogP contribution in [0.5, 0.6) is 0 Å². The Bertz CT molecular complexity index is 359. The molecule has 14 heavy (non-hydrogen) atoms. The zero-order valence-electron chi connectivity index (χ0n) is 6.81. The third-order valence-electron chi connectivity index (χ3n) is 1.58. The lowest BCUT2D eigenvalue weighted by molar-refractivity contribution is 0.111. The Morgan fingerprint density at radius 3 is 2.71 bits per heavy atom. The molecule has 0 aliphatic rings. The molecule has 0 bridgehead atoms. The van der Waals surface area contributed by atoms with E-state index in [4.69, 9.17) is 11.6 Å². The highest BCUT2D eigenvalue weighted by atomic mass is 79.9. The SMILES string of the molecule is O=Cc1cc(Br)c(CCl)c(C(F)F)n1. The Hall–Kier alpha value is -0.550. The van der Waals surface area contributed by atoms with Crippen molar-refractivity contribution in [2.45, 2.75) is 12.3 Å². The molecule has 0 fully saturated rings. The van der Waals surface area contributed by atoms with Gasteiger partial charge >= 0.3 is 0 Å². The third-order valence-corrected chi connectivity index (χ3v) is 2.56. The van der Waals surface area contributed by atoms with Crippen LogP contribution in [0.15, 0.2) is 10.5 Å². The Balaban J connectivity index is 3.35. The van der Waals surface area contributed by atoms with Crippen LogP contribution < -0.4 is 0 Å². The van der Waals surface area contributed by atoms with E-state index in [1.165, 1.54) is 6.07 Å². The normalized spacial score (nSPS) is 10.6. The van der Waals surface area contributed by atoms with E-state index in [0.29, 0.717) is 10.8 Å². The molecule has 76 valence electrons. The van der Waals surface area contributed by atoms with Gasteiger partial charge in [-0.25, -0.2) is 13.8 Å². The number of aromatic nitrogens is 1. The number of aldehydes is 1. The minimum absolute atomic E-state index is 0.0407. The van der Waals surface area contributed by atoms with Gasteiger partial charge in [-0.2, -0.15) is 0 Å². The van der Waals surface area contributed by atoms with Crippen LogP contribution in [0.3, 0.4) is 0 Å². The van der Waals surface area contributed by atoms with E-state index in [1.807, 2.05) is 0 Å². The highest BCUT2D eigenvalue weighted by molar-refractivity contribution is 9.10. The lowest BCUT2D eigenvalue weighted by Gasteiger charge is -2.07. The number of alkyl halides is 3. The molecule has 6 heteroatoms.